The number of phenols is 2. The highest BCUT2D eigenvalue weighted by Gasteiger charge is 2.29. The van der Waals surface area contributed by atoms with E-state index < -0.39 is 41.7 Å². The average Bonchev–Trinajstić information content (AvgIpc) is 0.811. The average molecular weight is 1470 g/mol. The molecule has 108 heavy (non-hydrogen) atoms. The summed E-state index contributed by atoms with van der Waals surface area (Å²) in [6, 6.07) is 56.4. The first kappa shape index (κ1) is 77.1. The second kappa shape index (κ2) is 39.9. The molecule has 0 spiro atoms. The van der Waals surface area contributed by atoms with E-state index in [1.807, 2.05) is 170 Å². The lowest BCUT2D eigenvalue weighted by Gasteiger charge is -2.26. The van der Waals surface area contributed by atoms with Crippen LogP contribution >= 0.6 is 11.6 Å². The molecule has 0 bridgehead atoms. The Morgan fingerprint density at radius 1 is 0.398 bits per heavy atom. The van der Waals surface area contributed by atoms with Gasteiger partial charge in [-0.1, -0.05) is 78.9 Å². The van der Waals surface area contributed by atoms with E-state index in [0.717, 1.165) is 45.6 Å². The summed E-state index contributed by atoms with van der Waals surface area (Å²) in [6.45, 7) is 3.68. The van der Waals surface area contributed by atoms with Crippen LogP contribution < -0.4 is 21.3 Å². The van der Waals surface area contributed by atoms with Crippen LogP contribution in [0.25, 0.3) is 0 Å². The quantitative estimate of drug-likeness (QED) is 0.0155. The number of hydrogen-bond donors (Lipinski definition) is 6. The van der Waals surface area contributed by atoms with Gasteiger partial charge in [0.1, 0.15) is 29.5 Å². The molecule has 0 fully saturated rings. The summed E-state index contributed by atoms with van der Waals surface area (Å²) < 4.78 is 5.36. The molecule has 24 nitrogen and oxygen atoms in total. The molecule has 0 aliphatic rings. The van der Waals surface area contributed by atoms with E-state index in [1.165, 1.54) is 13.2 Å². The maximum atomic E-state index is 15.1. The van der Waals surface area contributed by atoms with Crippen molar-refractivity contribution in [3.05, 3.63) is 328 Å². The Labute approximate surface area is 632 Å². The van der Waals surface area contributed by atoms with Gasteiger partial charge in [0.25, 0.3) is 5.91 Å². The predicted molar refractivity (Wildman–Crippen MR) is 408 cm³/mol. The number of nitrogens with one attached hydrogen (secondary N) is 4. The molecule has 11 aromatic rings. The van der Waals surface area contributed by atoms with E-state index in [4.69, 9.17) is 16.3 Å². The minimum Gasteiger partial charge on any atom is -0.507 e. The lowest BCUT2D eigenvalue weighted by Crippen LogP contribution is -2.49. The van der Waals surface area contributed by atoms with Gasteiger partial charge >= 0.3 is 5.97 Å². The maximum Gasteiger partial charge on any atom is 0.328 e. The van der Waals surface area contributed by atoms with Crippen molar-refractivity contribution in [3.8, 4) is 11.5 Å². The standard InChI is InChI=1S/C83H85ClN16O8/c1-108-83(107)76(44-60-41-64(49-99(55-71-24-6-14-34-89-71)56-72-25-7-15-35-90-72)80(104)65(42-60)50-100(57-73-26-8-16-36-91-73)58-74-27-9-17-37-92-74)95-77(101)29-38-93-82(106)75(96-81(105)61-19-18-28-66(45-61)94-78(102)46-84)43-59-39-62(47-97(51-67-20-2-10-30-85-67)52-68-21-3-11-31-86-68)79(103)63(40-59)48-98(53-69-22-4-12-32-87-69)54-70-23-5-13-33-88-70/h2-28,30-37,39-42,45,75-76,103-104H,29,38,43-44,46-58H2,1H3,(H,93,106)(H,94,102)(H,95,101)(H,96,105)/t75-,76-/m0/s1. The third-order valence-corrected chi connectivity index (χ3v) is 17.9. The van der Waals surface area contributed by atoms with Crippen LogP contribution in [-0.2, 0) is 115 Å². The number of rotatable bonds is 38. The van der Waals surface area contributed by atoms with Crippen molar-refractivity contribution in [1.82, 2.24) is 75.4 Å². The third kappa shape index (κ3) is 24.0. The number of methoxy groups -OCH3 is 1. The lowest BCUT2D eigenvalue weighted by molar-refractivity contribution is -0.145. The number of benzene rings is 3. The zero-order valence-electron chi connectivity index (χ0n) is 59.9. The van der Waals surface area contributed by atoms with E-state index >= 15 is 4.79 Å². The molecule has 552 valence electrons. The summed E-state index contributed by atoms with van der Waals surface area (Å²) in [4.78, 5) is 116. The Balaban J connectivity index is 0.885. The fraction of sp³-hybridized carbons (Fsp3) is 0.241. The van der Waals surface area contributed by atoms with E-state index in [9.17, 15) is 29.4 Å². The summed E-state index contributed by atoms with van der Waals surface area (Å²) in [6.07, 6.45) is 13.3. The van der Waals surface area contributed by atoms with Crippen LogP contribution in [0.3, 0.4) is 0 Å². The predicted octanol–water partition coefficient (Wildman–Crippen LogP) is 9.99. The molecule has 0 saturated carbocycles. The number of ether oxygens (including phenoxy) is 1. The molecular weight excluding hydrogens is 1380 g/mol. The van der Waals surface area contributed by atoms with Gasteiger partial charge in [0.05, 0.1) is 52.7 Å². The van der Waals surface area contributed by atoms with Gasteiger partial charge < -0.3 is 36.2 Å². The summed E-state index contributed by atoms with van der Waals surface area (Å²) in [7, 11) is 1.23. The third-order valence-electron chi connectivity index (χ3n) is 17.6. The molecule has 6 N–H and O–H groups in total. The molecule has 8 heterocycles. The molecule has 3 aromatic carbocycles. The molecular formula is C83H85ClN16O8. The molecule has 0 radical (unpaired) electrons. The highest BCUT2D eigenvalue weighted by Crippen LogP contribution is 2.33. The number of esters is 1. The van der Waals surface area contributed by atoms with Crippen molar-refractivity contribution in [2.24, 2.45) is 0 Å². The first-order chi connectivity index (χ1) is 52.7. The van der Waals surface area contributed by atoms with Gasteiger partial charge in [-0.15, -0.1) is 11.6 Å². The first-order valence-electron chi connectivity index (χ1n) is 35.4. The van der Waals surface area contributed by atoms with Gasteiger partial charge in [-0.05, 0) is 126 Å². The molecule has 2 atom stereocenters. The smallest absolute Gasteiger partial charge is 0.328 e. The van der Waals surface area contributed by atoms with Crippen LogP contribution in [0.2, 0.25) is 0 Å². The number of carbonyl (C=O) groups is 5. The first-order valence-corrected chi connectivity index (χ1v) is 36.0. The molecule has 0 aliphatic heterocycles. The number of aromatic hydroxyl groups is 2. The van der Waals surface area contributed by atoms with Crippen molar-refractivity contribution in [1.29, 1.82) is 0 Å². The van der Waals surface area contributed by atoms with Crippen LogP contribution in [0.1, 0.15) is 95.7 Å². The number of anilines is 1. The van der Waals surface area contributed by atoms with Gasteiger partial charge in [-0.2, -0.15) is 0 Å². The van der Waals surface area contributed by atoms with Gasteiger partial charge in [0.15, 0.2) is 0 Å². The molecule has 4 amide bonds. The minimum absolute atomic E-state index is 0.0148. The number of alkyl halides is 1. The Morgan fingerprint density at radius 3 is 1.02 bits per heavy atom. The SMILES string of the molecule is COC(=O)[C@H](Cc1cc(CN(Cc2ccccn2)Cc2ccccn2)c(O)c(CN(Cc2ccccn2)Cc2ccccn2)c1)NC(=O)CCNC(=O)[C@H](Cc1cc(CN(Cc2ccccn2)Cc2ccccn2)c(O)c(CN(Cc2ccccn2)Cc2ccccn2)c1)NC(=O)c1cccc(NC(=O)CCl)c1. The minimum atomic E-state index is -1.32. The van der Waals surface area contributed by atoms with Crippen molar-refractivity contribution in [2.45, 2.75) is 110 Å². The number of pyridine rings is 8. The van der Waals surface area contributed by atoms with Gasteiger partial charge in [0.2, 0.25) is 17.7 Å². The monoisotopic (exact) mass is 1470 g/mol. The van der Waals surface area contributed by atoms with Gasteiger partial charge in [0, 0.05) is 187 Å². The molecule has 0 saturated heterocycles. The Morgan fingerprint density at radius 2 is 0.722 bits per heavy atom. The topological polar surface area (TPSA) is 299 Å². The summed E-state index contributed by atoms with van der Waals surface area (Å²) >= 11 is 5.85. The number of carbonyl (C=O) groups excluding carboxylic acids is 5. The molecule has 0 aliphatic carbocycles. The summed E-state index contributed by atoms with van der Waals surface area (Å²) in [5.74, 6) is -3.43. The van der Waals surface area contributed by atoms with Crippen LogP contribution in [0, 0.1) is 0 Å². The van der Waals surface area contributed by atoms with E-state index in [2.05, 4.69) is 80.7 Å². The number of hydrogen-bond acceptors (Lipinski definition) is 20. The fourth-order valence-electron chi connectivity index (χ4n) is 12.7. The highest BCUT2D eigenvalue weighted by molar-refractivity contribution is 6.29. The highest BCUT2D eigenvalue weighted by atomic mass is 35.5. The van der Waals surface area contributed by atoms with Crippen molar-refractivity contribution < 1.29 is 38.9 Å². The van der Waals surface area contributed by atoms with E-state index in [1.54, 1.807) is 67.8 Å². The zero-order chi connectivity index (χ0) is 75.2. The molecule has 25 heteroatoms. The second-order valence-corrected chi connectivity index (χ2v) is 26.3. The van der Waals surface area contributed by atoms with Crippen LogP contribution in [0.4, 0.5) is 5.69 Å². The summed E-state index contributed by atoms with van der Waals surface area (Å²) in [5.41, 5.74) is 10.0. The second-order valence-electron chi connectivity index (χ2n) is 26.1. The van der Waals surface area contributed by atoms with Crippen molar-refractivity contribution in [3.63, 3.8) is 0 Å². The van der Waals surface area contributed by atoms with Crippen LogP contribution in [-0.4, -0.2) is 131 Å². The largest absolute Gasteiger partial charge is 0.507 e. The maximum absolute atomic E-state index is 15.1. The Hall–Kier alpha value is -12.1. The normalized spacial score (nSPS) is 11.8. The van der Waals surface area contributed by atoms with Crippen LogP contribution in [0.15, 0.2) is 244 Å². The van der Waals surface area contributed by atoms with Crippen molar-refractivity contribution in [2.75, 3.05) is 24.9 Å². The molecule has 8 aromatic heterocycles. The zero-order valence-corrected chi connectivity index (χ0v) is 60.6. The van der Waals surface area contributed by atoms with Gasteiger partial charge in [-0.25, -0.2) is 4.79 Å². The Bertz CT molecular complexity index is 4310. The molecule has 0 unspecified atom stereocenters. The van der Waals surface area contributed by atoms with Gasteiger partial charge in [-0.3, -0.25) is 78.6 Å². The fourth-order valence-corrected chi connectivity index (χ4v) is 12.7. The van der Waals surface area contributed by atoms with Crippen LogP contribution in [0.5, 0.6) is 11.5 Å². The number of aromatic nitrogens is 8. The number of nitrogens with zero attached hydrogens (tertiary/aromatic N) is 12. The number of halogens is 1. The van der Waals surface area contributed by atoms with E-state index in [0.29, 0.717) is 91.4 Å². The lowest BCUT2D eigenvalue weighted by atomic mass is 9.97. The number of amides is 4. The van der Waals surface area contributed by atoms with E-state index in [-0.39, 0.29) is 74.9 Å². The molecule has 11 rings (SSSR count). The van der Waals surface area contributed by atoms with Crippen molar-refractivity contribution >= 4 is 46.9 Å². The summed E-state index contributed by atoms with van der Waals surface area (Å²) in [5, 5.41) is 36.6. The Kier molecular flexibility index (Phi) is 28.5. The number of phenolic OH excluding ortho intramolecular Hbond substituents is 2.